The minimum absolute atomic E-state index is 0.252. The fourth-order valence-electron chi connectivity index (χ4n) is 4.45. The third kappa shape index (κ3) is 15.9. The molecular formula is C32H56N2OSn. The van der Waals surface area contributed by atoms with Crippen molar-refractivity contribution >= 4 is 36.1 Å². The van der Waals surface area contributed by atoms with Gasteiger partial charge in [0.15, 0.2) is 0 Å². The van der Waals surface area contributed by atoms with Gasteiger partial charge in [-0.2, -0.15) is 0 Å². The molecule has 1 aromatic carbocycles. The molecule has 1 rings (SSSR count). The van der Waals surface area contributed by atoms with Crippen molar-refractivity contribution in [2.45, 2.75) is 130 Å². The predicted octanol–water partition coefficient (Wildman–Crippen LogP) is 10.1. The topological polar surface area (TPSA) is 32.7 Å². The SMILES string of the molecule is CCCCCCCCC(=NN(CCCCCCCC)C(=O)[CH2][Sn]([CH3])([CH3])[CH3])C(=Cc1ccccc1)CC. The molecule has 0 spiro atoms. The van der Waals surface area contributed by atoms with Gasteiger partial charge in [0.05, 0.1) is 0 Å². The average molecular weight is 604 g/mol. The molecule has 0 radical (unpaired) electrons. The Hall–Kier alpha value is -1.10. The summed E-state index contributed by atoms with van der Waals surface area (Å²) in [7, 11) is 0. The summed E-state index contributed by atoms with van der Waals surface area (Å²) < 4.78 is 0.738. The first-order chi connectivity index (χ1) is 17.3. The van der Waals surface area contributed by atoms with Crippen molar-refractivity contribution in [3.05, 3.63) is 41.5 Å². The van der Waals surface area contributed by atoms with Gasteiger partial charge in [0.25, 0.3) is 0 Å². The van der Waals surface area contributed by atoms with Gasteiger partial charge in [-0.15, -0.1) is 0 Å². The molecular weight excluding hydrogens is 547 g/mol. The van der Waals surface area contributed by atoms with Gasteiger partial charge in [-0.25, -0.2) is 0 Å². The minimum atomic E-state index is -2.27. The third-order valence-electron chi connectivity index (χ3n) is 6.59. The molecule has 0 aliphatic carbocycles. The molecule has 204 valence electrons. The zero-order valence-corrected chi connectivity index (χ0v) is 27.4. The van der Waals surface area contributed by atoms with E-state index in [1.54, 1.807) is 0 Å². The molecule has 0 aromatic heterocycles. The molecule has 0 unspecified atom stereocenters. The summed E-state index contributed by atoms with van der Waals surface area (Å²) in [5.74, 6) is 0.252. The summed E-state index contributed by atoms with van der Waals surface area (Å²) in [4.78, 5) is 20.5. The van der Waals surface area contributed by atoms with Gasteiger partial charge in [0.1, 0.15) is 0 Å². The fraction of sp³-hybridized carbons (Fsp3) is 0.688. The van der Waals surface area contributed by atoms with Gasteiger partial charge in [0, 0.05) is 0 Å². The molecule has 0 saturated heterocycles. The Bertz CT molecular complexity index is 764. The number of benzene rings is 1. The molecule has 0 N–H and O–H groups in total. The Morgan fingerprint density at radius 1 is 0.806 bits per heavy atom. The summed E-state index contributed by atoms with van der Waals surface area (Å²) in [5, 5.41) is 7.04. The van der Waals surface area contributed by atoms with Gasteiger partial charge in [-0.05, 0) is 0 Å². The maximum absolute atomic E-state index is 13.4. The number of hydrogen-bond donors (Lipinski definition) is 0. The van der Waals surface area contributed by atoms with Crippen molar-refractivity contribution < 1.29 is 4.79 Å². The van der Waals surface area contributed by atoms with Crippen LogP contribution >= 0.6 is 0 Å². The van der Waals surface area contributed by atoms with Crippen LogP contribution in [0.15, 0.2) is 41.0 Å². The average Bonchev–Trinajstić information content (AvgIpc) is 2.84. The van der Waals surface area contributed by atoms with E-state index in [-0.39, 0.29) is 5.91 Å². The summed E-state index contributed by atoms with van der Waals surface area (Å²) in [6.07, 6.45) is 19.2. The van der Waals surface area contributed by atoms with Crippen molar-refractivity contribution in [2.75, 3.05) is 6.54 Å². The van der Waals surface area contributed by atoms with E-state index >= 15 is 0 Å². The molecule has 0 bridgehead atoms. The number of carbonyl (C=O) groups excluding carboxylic acids is 1. The Labute approximate surface area is 228 Å². The molecule has 3 nitrogen and oxygen atoms in total. The van der Waals surface area contributed by atoms with Crippen LogP contribution in [0.1, 0.15) is 116 Å². The van der Waals surface area contributed by atoms with Crippen molar-refractivity contribution in [1.82, 2.24) is 5.01 Å². The van der Waals surface area contributed by atoms with E-state index in [2.05, 4.69) is 72.0 Å². The van der Waals surface area contributed by atoms with E-state index in [9.17, 15) is 4.79 Å². The number of allylic oxidation sites excluding steroid dienone is 1. The zero-order valence-electron chi connectivity index (χ0n) is 24.6. The number of hydrazone groups is 1. The molecule has 4 heteroatoms. The molecule has 0 atom stereocenters. The number of amides is 1. The van der Waals surface area contributed by atoms with Crippen LogP contribution in [0, 0.1) is 0 Å². The number of unbranched alkanes of at least 4 members (excludes halogenated alkanes) is 10. The van der Waals surface area contributed by atoms with E-state index in [1.165, 1.54) is 75.3 Å². The standard InChI is InChI=1S/C29H47N2O.3CH3.Sn/c1-5-8-10-12-14-19-23-29(28(7-3)25-27-21-17-16-18-22-27)30-31(26(4)32)24-20-15-13-11-9-6-2;;;;/h16-18,21-22,25H,4-15,19-20,23-24H2,1-3H3;3*1H3;. The molecule has 0 fully saturated rings. The molecule has 0 aliphatic heterocycles. The van der Waals surface area contributed by atoms with Crippen molar-refractivity contribution in [3.8, 4) is 0 Å². The zero-order chi connectivity index (χ0) is 26.7. The van der Waals surface area contributed by atoms with Gasteiger partial charge < -0.3 is 0 Å². The van der Waals surface area contributed by atoms with Crippen LogP contribution in [0.2, 0.25) is 19.3 Å². The van der Waals surface area contributed by atoms with E-state index in [0.717, 1.165) is 42.4 Å². The van der Waals surface area contributed by atoms with Crippen LogP contribution in [0.25, 0.3) is 6.08 Å². The second-order valence-corrected chi connectivity index (χ2v) is 27.1. The van der Waals surface area contributed by atoms with Crippen LogP contribution in [-0.4, -0.2) is 41.5 Å². The van der Waals surface area contributed by atoms with Crippen molar-refractivity contribution in [2.24, 2.45) is 5.10 Å². The van der Waals surface area contributed by atoms with Crippen LogP contribution in [0.4, 0.5) is 0 Å². The van der Waals surface area contributed by atoms with Crippen molar-refractivity contribution in [1.29, 1.82) is 0 Å². The second-order valence-electron chi connectivity index (χ2n) is 11.5. The second kappa shape index (κ2) is 19.9. The number of carbonyl (C=O) groups is 1. The van der Waals surface area contributed by atoms with E-state index < -0.39 is 18.4 Å². The van der Waals surface area contributed by atoms with Gasteiger partial charge in [0.2, 0.25) is 0 Å². The Kier molecular flexibility index (Phi) is 18.2. The summed E-state index contributed by atoms with van der Waals surface area (Å²) in [6, 6.07) is 10.6. The summed E-state index contributed by atoms with van der Waals surface area (Å²) in [6.45, 7) is 7.50. The first-order valence-corrected chi connectivity index (χ1v) is 25.5. The molecule has 0 aliphatic rings. The Balaban J connectivity index is 3.12. The summed E-state index contributed by atoms with van der Waals surface area (Å²) in [5.41, 5.74) is 3.61. The van der Waals surface area contributed by atoms with E-state index in [4.69, 9.17) is 5.10 Å². The first-order valence-electron chi connectivity index (χ1n) is 14.9. The molecule has 0 saturated carbocycles. The van der Waals surface area contributed by atoms with Gasteiger partial charge >= 0.3 is 222 Å². The predicted molar refractivity (Wildman–Crippen MR) is 163 cm³/mol. The van der Waals surface area contributed by atoms with Gasteiger partial charge in [-0.1, -0.05) is 6.92 Å². The van der Waals surface area contributed by atoms with Crippen molar-refractivity contribution in [3.63, 3.8) is 0 Å². The monoisotopic (exact) mass is 604 g/mol. The molecule has 0 heterocycles. The maximum atomic E-state index is 13.4. The molecule has 1 amide bonds. The Morgan fingerprint density at radius 3 is 1.92 bits per heavy atom. The normalized spacial score (nSPS) is 12.7. The fourth-order valence-corrected chi connectivity index (χ4v) is 7.56. The summed E-state index contributed by atoms with van der Waals surface area (Å²) >= 11 is -2.27. The quantitative estimate of drug-likeness (QED) is 0.0632. The molecule has 36 heavy (non-hydrogen) atoms. The third-order valence-corrected chi connectivity index (χ3v) is 10.5. The number of hydrogen-bond acceptors (Lipinski definition) is 2. The van der Waals surface area contributed by atoms with E-state index in [0.29, 0.717) is 0 Å². The molecule has 1 aromatic rings. The first kappa shape index (κ1) is 32.9. The van der Waals surface area contributed by atoms with Crippen LogP contribution in [0.5, 0.6) is 0 Å². The van der Waals surface area contributed by atoms with Crippen LogP contribution in [-0.2, 0) is 4.79 Å². The number of rotatable bonds is 20. The Morgan fingerprint density at radius 2 is 1.36 bits per heavy atom. The van der Waals surface area contributed by atoms with Crippen LogP contribution < -0.4 is 0 Å². The van der Waals surface area contributed by atoms with E-state index in [1.807, 2.05) is 5.01 Å². The van der Waals surface area contributed by atoms with Gasteiger partial charge in [-0.3, -0.25) is 0 Å². The van der Waals surface area contributed by atoms with Crippen LogP contribution in [0.3, 0.4) is 0 Å². The number of nitrogens with zero attached hydrogens (tertiary/aromatic N) is 2.